The molecule has 1 fully saturated rings. The van der Waals surface area contributed by atoms with Gasteiger partial charge in [0.1, 0.15) is 0 Å². The summed E-state index contributed by atoms with van der Waals surface area (Å²) in [6.45, 7) is 5.28. The summed E-state index contributed by atoms with van der Waals surface area (Å²) in [5.41, 5.74) is 2.23. The van der Waals surface area contributed by atoms with Gasteiger partial charge in [0.05, 0.1) is 6.42 Å². The monoisotopic (exact) mass is 339 g/mol. The number of nitrogens with one attached hydrogen (secondary N) is 1. The Kier molecular flexibility index (Phi) is 8.06. The molecular weight excluding hydrogens is 314 g/mol. The van der Waals surface area contributed by atoms with Crippen LogP contribution in [0, 0.1) is 6.92 Å². The van der Waals surface area contributed by atoms with Crippen LogP contribution in [0.4, 0.5) is 0 Å². The molecule has 1 aromatic carbocycles. The number of nitrogens with zero attached hydrogens (tertiary/aromatic N) is 2. The Morgan fingerprint density at radius 3 is 2.17 bits per heavy atom. The standard InChI is InChI=1S/C17H25N3O2.ClH/c1-14-5-3-4-6-15(14)13-17(22)20-11-9-19(10-12-20)16(21)7-8-18-2;/h3-6,18H,7-13H2,1-2H3;1H. The van der Waals surface area contributed by atoms with Crippen LogP contribution < -0.4 is 5.32 Å². The third-order valence-electron chi connectivity index (χ3n) is 4.18. The van der Waals surface area contributed by atoms with Crippen LogP contribution >= 0.6 is 12.4 Å². The molecule has 1 aromatic rings. The maximum atomic E-state index is 12.4. The van der Waals surface area contributed by atoms with E-state index in [9.17, 15) is 9.59 Å². The van der Waals surface area contributed by atoms with Crippen LogP contribution in [0.3, 0.4) is 0 Å². The molecule has 0 unspecified atom stereocenters. The lowest BCUT2D eigenvalue weighted by Gasteiger charge is -2.35. The zero-order valence-corrected chi connectivity index (χ0v) is 14.7. The minimum atomic E-state index is 0. The molecular formula is C17H26ClN3O2. The van der Waals surface area contributed by atoms with Crippen molar-refractivity contribution in [1.82, 2.24) is 15.1 Å². The van der Waals surface area contributed by atoms with E-state index in [4.69, 9.17) is 0 Å². The Bertz CT molecular complexity index is 528. The van der Waals surface area contributed by atoms with E-state index < -0.39 is 0 Å². The van der Waals surface area contributed by atoms with Crippen LogP contribution in [0.5, 0.6) is 0 Å². The molecule has 6 heteroatoms. The highest BCUT2D eigenvalue weighted by Gasteiger charge is 2.23. The highest BCUT2D eigenvalue weighted by atomic mass is 35.5. The third-order valence-corrected chi connectivity index (χ3v) is 4.18. The lowest BCUT2D eigenvalue weighted by molar-refractivity contribution is -0.139. The molecule has 2 amide bonds. The summed E-state index contributed by atoms with van der Waals surface area (Å²) >= 11 is 0. The Balaban J connectivity index is 0.00000264. The Hall–Kier alpha value is -1.59. The van der Waals surface area contributed by atoms with Crippen LogP contribution in [-0.4, -0.2) is 61.4 Å². The van der Waals surface area contributed by atoms with Gasteiger partial charge in [-0.25, -0.2) is 0 Å². The smallest absolute Gasteiger partial charge is 0.227 e. The summed E-state index contributed by atoms with van der Waals surface area (Å²) in [5.74, 6) is 0.317. The van der Waals surface area contributed by atoms with Gasteiger partial charge < -0.3 is 15.1 Å². The highest BCUT2D eigenvalue weighted by Crippen LogP contribution is 2.11. The number of carbonyl (C=O) groups excluding carboxylic acids is 2. The van der Waals surface area contributed by atoms with E-state index in [1.165, 1.54) is 0 Å². The van der Waals surface area contributed by atoms with Gasteiger partial charge in [-0.1, -0.05) is 24.3 Å². The fraction of sp³-hybridized carbons (Fsp3) is 0.529. The van der Waals surface area contributed by atoms with Crippen molar-refractivity contribution in [2.45, 2.75) is 19.8 Å². The number of aryl methyl sites for hydroxylation is 1. The fourth-order valence-corrected chi connectivity index (χ4v) is 2.68. The lowest BCUT2D eigenvalue weighted by Crippen LogP contribution is -2.51. The molecule has 2 rings (SSSR count). The van der Waals surface area contributed by atoms with Gasteiger partial charge >= 0.3 is 0 Å². The molecule has 0 aromatic heterocycles. The van der Waals surface area contributed by atoms with Crippen LogP contribution in [0.1, 0.15) is 17.5 Å². The van der Waals surface area contributed by atoms with Crippen molar-refractivity contribution < 1.29 is 9.59 Å². The Morgan fingerprint density at radius 1 is 1.04 bits per heavy atom. The van der Waals surface area contributed by atoms with Gasteiger partial charge in [-0.3, -0.25) is 9.59 Å². The Labute approximate surface area is 144 Å². The molecule has 1 aliphatic rings. The average Bonchev–Trinajstić information content (AvgIpc) is 2.55. The summed E-state index contributed by atoms with van der Waals surface area (Å²) in [6, 6.07) is 7.98. The van der Waals surface area contributed by atoms with E-state index in [0.717, 1.165) is 11.1 Å². The van der Waals surface area contributed by atoms with Crippen molar-refractivity contribution in [1.29, 1.82) is 0 Å². The average molecular weight is 340 g/mol. The number of hydrogen-bond acceptors (Lipinski definition) is 3. The molecule has 0 radical (unpaired) electrons. The normalized spacial score (nSPS) is 14.3. The Morgan fingerprint density at radius 2 is 1.61 bits per heavy atom. The second kappa shape index (κ2) is 9.53. The van der Waals surface area contributed by atoms with Crippen molar-refractivity contribution in [3.63, 3.8) is 0 Å². The number of rotatable bonds is 5. The second-order valence-electron chi connectivity index (χ2n) is 5.72. The van der Waals surface area contributed by atoms with E-state index in [-0.39, 0.29) is 24.2 Å². The number of halogens is 1. The zero-order chi connectivity index (χ0) is 15.9. The summed E-state index contributed by atoms with van der Waals surface area (Å²) in [4.78, 5) is 28.1. The molecule has 23 heavy (non-hydrogen) atoms. The van der Waals surface area contributed by atoms with E-state index in [1.807, 2.05) is 48.0 Å². The molecule has 1 saturated heterocycles. The number of piperazine rings is 1. The van der Waals surface area contributed by atoms with Gasteiger partial charge in [0.2, 0.25) is 11.8 Å². The van der Waals surface area contributed by atoms with Crippen molar-refractivity contribution in [2.24, 2.45) is 0 Å². The molecule has 0 saturated carbocycles. The minimum absolute atomic E-state index is 0. The van der Waals surface area contributed by atoms with Gasteiger partial charge in [0.25, 0.3) is 0 Å². The summed E-state index contributed by atoms with van der Waals surface area (Å²) < 4.78 is 0. The first-order valence-electron chi connectivity index (χ1n) is 7.86. The molecule has 5 nitrogen and oxygen atoms in total. The van der Waals surface area contributed by atoms with Crippen molar-refractivity contribution in [3.05, 3.63) is 35.4 Å². The fourth-order valence-electron chi connectivity index (χ4n) is 2.68. The molecule has 0 aliphatic carbocycles. The predicted octanol–water partition coefficient (Wildman–Crippen LogP) is 1.24. The largest absolute Gasteiger partial charge is 0.339 e. The topological polar surface area (TPSA) is 52.7 Å². The lowest BCUT2D eigenvalue weighted by atomic mass is 10.1. The molecule has 0 bridgehead atoms. The molecule has 0 atom stereocenters. The third kappa shape index (κ3) is 5.52. The maximum Gasteiger partial charge on any atom is 0.227 e. The zero-order valence-electron chi connectivity index (χ0n) is 13.9. The summed E-state index contributed by atoms with van der Waals surface area (Å²) in [6.07, 6.45) is 0.966. The van der Waals surface area contributed by atoms with Crippen LogP contribution in [0.15, 0.2) is 24.3 Å². The van der Waals surface area contributed by atoms with Crippen molar-refractivity contribution in [2.75, 3.05) is 39.8 Å². The predicted molar refractivity (Wildman–Crippen MR) is 93.8 cm³/mol. The van der Waals surface area contributed by atoms with E-state index in [1.54, 1.807) is 0 Å². The van der Waals surface area contributed by atoms with Crippen LogP contribution in [0.25, 0.3) is 0 Å². The van der Waals surface area contributed by atoms with Crippen LogP contribution in [0.2, 0.25) is 0 Å². The first-order chi connectivity index (χ1) is 10.6. The van der Waals surface area contributed by atoms with Gasteiger partial charge in [0, 0.05) is 39.1 Å². The molecule has 0 spiro atoms. The first-order valence-corrected chi connectivity index (χ1v) is 7.86. The van der Waals surface area contributed by atoms with Crippen LogP contribution in [-0.2, 0) is 16.0 Å². The van der Waals surface area contributed by atoms with Gasteiger partial charge in [0.15, 0.2) is 0 Å². The molecule has 1 N–H and O–H groups in total. The van der Waals surface area contributed by atoms with Gasteiger partial charge in [-0.2, -0.15) is 0 Å². The SMILES string of the molecule is CNCCC(=O)N1CCN(C(=O)Cc2ccccc2C)CC1.Cl. The van der Waals surface area contributed by atoms with Crippen molar-refractivity contribution >= 4 is 24.2 Å². The highest BCUT2D eigenvalue weighted by molar-refractivity contribution is 5.85. The van der Waals surface area contributed by atoms with Crippen molar-refractivity contribution in [3.8, 4) is 0 Å². The number of amides is 2. The van der Waals surface area contributed by atoms with E-state index in [2.05, 4.69) is 5.32 Å². The van der Waals surface area contributed by atoms with Gasteiger partial charge in [-0.05, 0) is 25.1 Å². The molecule has 128 valence electrons. The maximum absolute atomic E-state index is 12.4. The summed E-state index contributed by atoms with van der Waals surface area (Å²) in [7, 11) is 1.84. The number of carbonyl (C=O) groups is 2. The number of benzene rings is 1. The number of hydrogen-bond donors (Lipinski definition) is 1. The van der Waals surface area contributed by atoms with Gasteiger partial charge in [-0.15, -0.1) is 12.4 Å². The quantitative estimate of drug-likeness (QED) is 0.878. The second-order valence-corrected chi connectivity index (χ2v) is 5.72. The summed E-state index contributed by atoms with van der Waals surface area (Å²) in [5, 5.41) is 2.99. The first kappa shape index (κ1) is 19.5. The van der Waals surface area contributed by atoms with E-state index in [0.29, 0.717) is 45.6 Å². The molecule has 1 aliphatic heterocycles. The van der Waals surface area contributed by atoms with E-state index >= 15 is 0 Å². The minimum Gasteiger partial charge on any atom is -0.339 e. The molecule has 1 heterocycles.